The van der Waals surface area contributed by atoms with Gasteiger partial charge in [-0.2, -0.15) is 10.2 Å². The molecule has 0 aliphatic carbocycles. The van der Waals surface area contributed by atoms with Crippen LogP contribution in [0.1, 0.15) is 26.0 Å². The lowest BCUT2D eigenvalue weighted by molar-refractivity contribution is -0.121. The lowest BCUT2D eigenvalue weighted by Crippen LogP contribution is -2.35. The Balaban J connectivity index is 1.83. The number of hydrogen-bond donors (Lipinski definition) is 1. The van der Waals surface area contributed by atoms with Crippen molar-refractivity contribution >= 4 is 16.8 Å². The summed E-state index contributed by atoms with van der Waals surface area (Å²) in [6.07, 6.45) is 4.46. The molecule has 0 saturated heterocycles. The summed E-state index contributed by atoms with van der Waals surface area (Å²) in [5, 5.41) is 12.1. The smallest absolute Gasteiger partial charge is 0.280 e. The van der Waals surface area contributed by atoms with Gasteiger partial charge in [0.15, 0.2) is 5.82 Å². The lowest BCUT2D eigenvalue weighted by atomic mass is 10.1. The van der Waals surface area contributed by atoms with Gasteiger partial charge in [-0.05, 0) is 55.7 Å². The number of fused-ring (bicyclic) bond motifs is 1. The van der Waals surface area contributed by atoms with Gasteiger partial charge in [-0.3, -0.25) is 9.59 Å². The Morgan fingerprint density at radius 2 is 1.81 bits per heavy atom. The zero-order valence-electron chi connectivity index (χ0n) is 18.2. The Morgan fingerprint density at radius 3 is 2.47 bits per heavy atom. The van der Waals surface area contributed by atoms with E-state index in [1.165, 1.54) is 16.8 Å². The Kier molecular flexibility index (Phi) is 5.89. The topological polar surface area (TPSA) is 86.7 Å². The highest BCUT2D eigenvalue weighted by Gasteiger charge is 2.22. The van der Waals surface area contributed by atoms with E-state index < -0.39 is 5.56 Å². The van der Waals surface area contributed by atoms with Gasteiger partial charge in [0.2, 0.25) is 5.91 Å². The second-order valence-corrected chi connectivity index (χ2v) is 8.11. The van der Waals surface area contributed by atoms with Crippen molar-refractivity contribution in [2.24, 2.45) is 5.92 Å². The van der Waals surface area contributed by atoms with Crippen molar-refractivity contribution in [3.63, 3.8) is 0 Å². The Bertz CT molecular complexity index is 1300. The van der Waals surface area contributed by atoms with Gasteiger partial charge >= 0.3 is 0 Å². The van der Waals surface area contributed by atoms with Crippen LogP contribution in [0.5, 0.6) is 0 Å². The Labute approximate surface area is 184 Å². The van der Waals surface area contributed by atoms with E-state index in [-0.39, 0.29) is 18.3 Å². The number of hydrogen-bond acceptors (Lipinski definition) is 4. The first-order valence-corrected chi connectivity index (χ1v) is 10.5. The number of carbonyl (C=O) groups excluding carboxylic acids is 1. The summed E-state index contributed by atoms with van der Waals surface area (Å²) < 4.78 is 18.0. The molecule has 0 unspecified atom stereocenters. The third kappa shape index (κ3) is 4.18. The molecule has 4 rings (SSSR count). The highest BCUT2D eigenvalue weighted by molar-refractivity contribution is 5.88. The van der Waals surface area contributed by atoms with Crippen LogP contribution in [0.4, 0.5) is 4.39 Å². The third-order valence-corrected chi connectivity index (χ3v) is 5.18. The fourth-order valence-corrected chi connectivity index (χ4v) is 3.54. The minimum atomic E-state index is -0.415. The molecular formula is C23H25FN6O2. The zero-order chi connectivity index (χ0) is 22.8. The number of benzene rings is 1. The van der Waals surface area contributed by atoms with E-state index in [0.717, 1.165) is 6.42 Å². The van der Waals surface area contributed by atoms with Crippen molar-refractivity contribution in [1.29, 1.82) is 0 Å². The van der Waals surface area contributed by atoms with Crippen molar-refractivity contribution in [2.45, 2.75) is 33.7 Å². The Morgan fingerprint density at radius 1 is 1.12 bits per heavy atom. The number of rotatable bonds is 7. The molecule has 9 heteroatoms. The van der Waals surface area contributed by atoms with Crippen LogP contribution in [0.3, 0.4) is 0 Å². The van der Waals surface area contributed by atoms with Crippen molar-refractivity contribution in [2.75, 3.05) is 6.54 Å². The van der Waals surface area contributed by atoms with E-state index in [4.69, 9.17) is 0 Å². The molecule has 3 heterocycles. The molecule has 0 atom stereocenters. The first kappa shape index (κ1) is 21.5. The molecule has 0 aliphatic heterocycles. The van der Waals surface area contributed by atoms with Gasteiger partial charge in [0.05, 0.1) is 11.4 Å². The second-order valence-electron chi connectivity index (χ2n) is 8.11. The molecule has 8 nitrogen and oxygen atoms in total. The summed E-state index contributed by atoms with van der Waals surface area (Å²) in [5.74, 6) is 0.335. The van der Waals surface area contributed by atoms with Crippen molar-refractivity contribution in [1.82, 2.24) is 29.4 Å². The van der Waals surface area contributed by atoms with Gasteiger partial charge in [-0.1, -0.05) is 13.8 Å². The molecule has 3 aromatic heterocycles. The molecule has 0 saturated carbocycles. The summed E-state index contributed by atoms with van der Waals surface area (Å²) in [6.45, 7) is 6.27. The second kappa shape index (κ2) is 8.78. The van der Waals surface area contributed by atoms with E-state index >= 15 is 0 Å². The predicted octanol–water partition coefficient (Wildman–Crippen LogP) is 2.98. The monoisotopic (exact) mass is 436 g/mol. The van der Waals surface area contributed by atoms with Gasteiger partial charge in [0.25, 0.3) is 5.56 Å². The van der Waals surface area contributed by atoms with Crippen molar-refractivity contribution in [3.8, 4) is 11.5 Å². The predicted molar refractivity (Wildman–Crippen MR) is 120 cm³/mol. The summed E-state index contributed by atoms with van der Waals surface area (Å²) >= 11 is 0. The molecule has 0 bridgehead atoms. The molecule has 0 fully saturated rings. The molecule has 0 radical (unpaired) electrons. The minimum absolute atomic E-state index is 0.180. The maximum Gasteiger partial charge on any atom is 0.280 e. The van der Waals surface area contributed by atoms with Crippen LogP contribution in [0.2, 0.25) is 0 Å². The average Bonchev–Trinajstić information content (AvgIpc) is 3.40. The Hall–Kier alpha value is -3.75. The van der Waals surface area contributed by atoms with Gasteiger partial charge in [-0.15, -0.1) is 0 Å². The van der Waals surface area contributed by atoms with Crippen molar-refractivity contribution < 1.29 is 9.18 Å². The van der Waals surface area contributed by atoms with Crippen LogP contribution >= 0.6 is 0 Å². The molecule has 32 heavy (non-hydrogen) atoms. The highest BCUT2D eigenvalue weighted by atomic mass is 19.1. The van der Waals surface area contributed by atoms with E-state index in [0.29, 0.717) is 40.6 Å². The molecule has 4 aromatic rings. The summed E-state index contributed by atoms with van der Waals surface area (Å²) in [5.41, 5.74) is 1.13. The maximum atomic E-state index is 13.5. The first-order chi connectivity index (χ1) is 15.3. The van der Waals surface area contributed by atoms with E-state index in [1.807, 2.05) is 12.1 Å². The molecule has 166 valence electrons. The minimum Gasteiger partial charge on any atom is -0.354 e. The zero-order valence-corrected chi connectivity index (χ0v) is 18.2. The van der Waals surface area contributed by atoms with Crippen LogP contribution in [0.25, 0.3) is 22.4 Å². The van der Waals surface area contributed by atoms with Crippen LogP contribution in [0.15, 0.2) is 53.6 Å². The standard InChI is InChI=1S/C23H25FN6O2/c1-15(2)10-11-25-19(31)14-29-23(32)20-21(16(3)26-29)27-30(18-8-6-17(24)7-9-18)22(20)28-12-4-5-13-28/h4-9,12-13,15H,10-11,14H2,1-3H3,(H,25,31). The fraction of sp³-hybridized carbons (Fsp3) is 0.304. The molecular weight excluding hydrogens is 411 g/mol. The first-order valence-electron chi connectivity index (χ1n) is 10.5. The van der Waals surface area contributed by atoms with Gasteiger partial charge < -0.3 is 9.88 Å². The van der Waals surface area contributed by atoms with E-state index in [9.17, 15) is 14.0 Å². The van der Waals surface area contributed by atoms with Gasteiger partial charge in [0.1, 0.15) is 23.3 Å². The van der Waals surface area contributed by atoms with Crippen LogP contribution < -0.4 is 10.9 Å². The lowest BCUT2D eigenvalue weighted by Gasteiger charge is -2.10. The van der Waals surface area contributed by atoms with Crippen LogP contribution in [0, 0.1) is 18.7 Å². The normalized spacial score (nSPS) is 11.4. The largest absolute Gasteiger partial charge is 0.354 e. The molecule has 0 spiro atoms. The molecule has 0 aliphatic rings. The number of halogens is 1. The summed E-state index contributed by atoms with van der Waals surface area (Å²) in [4.78, 5) is 25.8. The van der Waals surface area contributed by atoms with Gasteiger partial charge in [-0.25, -0.2) is 13.8 Å². The maximum absolute atomic E-state index is 13.5. The SMILES string of the molecule is Cc1nn(CC(=O)NCCC(C)C)c(=O)c2c(-n3cccc3)n(-c3ccc(F)cc3)nc12. The van der Waals surface area contributed by atoms with E-state index in [2.05, 4.69) is 29.4 Å². The number of aromatic nitrogens is 5. The summed E-state index contributed by atoms with van der Waals surface area (Å²) in [6, 6.07) is 9.54. The molecule has 1 aromatic carbocycles. The average molecular weight is 436 g/mol. The number of nitrogens with zero attached hydrogens (tertiary/aromatic N) is 5. The number of aryl methyl sites for hydroxylation is 1. The fourth-order valence-electron chi connectivity index (χ4n) is 3.54. The summed E-state index contributed by atoms with van der Waals surface area (Å²) in [7, 11) is 0. The van der Waals surface area contributed by atoms with E-state index in [1.54, 1.807) is 40.7 Å². The molecule has 1 amide bonds. The number of carbonyl (C=O) groups is 1. The number of nitrogens with one attached hydrogen (secondary N) is 1. The van der Waals surface area contributed by atoms with Gasteiger partial charge in [0, 0.05) is 18.9 Å². The van der Waals surface area contributed by atoms with Crippen LogP contribution in [-0.2, 0) is 11.3 Å². The van der Waals surface area contributed by atoms with Crippen molar-refractivity contribution in [3.05, 3.63) is 70.7 Å². The molecule has 1 N–H and O–H groups in total. The third-order valence-electron chi connectivity index (χ3n) is 5.18. The quantitative estimate of drug-likeness (QED) is 0.483. The highest BCUT2D eigenvalue weighted by Crippen LogP contribution is 2.24. The van der Waals surface area contributed by atoms with Crippen LogP contribution in [-0.4, -0.2) is 36.6 Å². The number of amides is 1.